The Kier molecular flexibility index (Phi) is 16.7. The van der Waals surface area contributed by atoms with Crippen molar-refractivity contribution in [1.82, 2.24) is 24.2 Å². The number of halogens is 1. The molecule has 1 fully saturated rings. The summed E-state index contributed by atoms with van der Waals surface area (Å²) in [5.74, 6) is 1.20. The number of carbonyl (C=O) groups excluding carboxylic acids is 1. The second-order valence-electron chi connectivity index (χ2n) is 18.2. The summed E-state index contributed by atoms with van der Waals surface area (Å²) in [6.45, 7) is 20.8. The number of nitrogens with one attached hydrogen (secondary N) is 1. The maximum atomic E-state index is 12.3. The van der Waals surface area contributed by atoms with Crippen molar-refractivity contribution in [2.75, 3.05) is 32.8 Å². The Bertz CT molecular complexity index is 2380. The number of fused-ring (bicyclic) bond motifs is 1. The van der Waals surface area contributed by atoms with Gasteiger partial charge in [0.1, 0.15) is 35.4 Å². The number of amides is 1. The average molecular weight is 961 g/mol. The molecule has 5 aromatic rings. The summed E-state index contributed by atoms with van der Waals surface area (Å²) in [7, 11) is -1.21. The fourth-order valence-corrected chi connectivity index (χ4v) is 11.1. The first-order chi connectivity index (χ1) is 31.3. The van der Waals surface area contributed by atoms with E-state index >= 15 is 0 Å². The number of anilines is 1. The number of imidazole rings is 1. The molecular formula is C48H63ClN7O8PSi. The molecule has 1 saturated heterocycles. The van der Waals surface area contributed by atoms with Crippen LogP contribution in [0.4, 0.5) is 5.82 Å². The standard InChI is InChI=1S/C48H63ClN7O8PSi/c1-31(2)56(32(3)4)65(61-28-16-27-50)63-42-41(64-66(11,12)47(6,7)8)39(62-45(42)55-30-51-40-43(52-33(5)57)53-46(49)54-44(40)55)29-60-48(34-17-14-13-15-18-34,35-19-23-37(58-9)24-20-35)36-21-25-38(59-10)26-22-36/h13-15,17-26,30-32,39,41-42,45H,16,28-29H2,1-12H3,(H,52,53,54,57)/t39-,41-,42-,45-,65?/m1/s1. The van der Waals surface area contributed by atoms with E-state index in [9.17, 15) is 10.1 Å². The quantitative estimate of drug-likeness (QED) is 0.0258. The van der Waals surface area contributed by atoms with E-state index in [-0.39, 0.29) is 53.8 Å². The van der Waals surface area contributed by atoms with Gasteiger partial charge in [-0.2, -0.15) is 15.2 Å². The molecule has 3 aromatic carbocycles. The third-order valence-electron chi connectivity index (χ3n) is 12.0. The molecule has 6 rings (SSSR count). The van der Waals surface area contributed by atoms with E-state index in [0.717, 1.165) is 16.7 Å². The lowest BCUT2D eigenvalue weighted by atomic mass is 9.80. The van der Waals surface area contributed by atoms with Crippen LogP contribution >= 0.6 is 20.1 Å². The molecule has 18 heteroatoms. The Morgan fingerprint density at radius 2 is 1.50 bits per heavy atom. The van der Waals surface area contributed by atoms with E-state index in [1.807, 2.05) is 78.9 Å². The number of ether oxygens (including phenoxy) is 4. The molecule has 0 aliphatic carbocycles. The van der Waals surface area contributed by atoms with Gasteiger partial charge in [0.15, 0.2) is 31.5 Å². The second-order valence-corrected chi connectivity index (χ2v) is 24.7. The highest BCUT2D eigenvalue weighted by molar-refractivity contribution is 7.44. The number of rotatable bonds is 20. The van der Waals surface area contributed by atoms with Gasteiger partial charge in [-0.25, -0.2) is 9.65 Å². The number of methoxy groups -OCH3 is 2. The van der Waals surface area contributed by atoms with Crippen LogP contribution in [0.5, 0.6) is 11.5 Å². The predicted octanol–water partition coefficient (Wildman–Crippen LogP) is 10.4. The molecule has 2 aromatic heterocycles. The molecule has 1 amide bonds. The van der Waals surface area contributed by atoms with Crippen LogP contribution in [0.25, 0.3) is 11.2 Å². The van der Waals surface area contributed by atoms with Gasteiger partial charge in [0.25, 0.3) is 8.53 Å². The van der Waals surface area contributed by atoms with E-state index in [0.29, 0.717) is 22.7 Å². The SMILES string of the molecule is COc1ccc(C(OC[C@H]2O[C@@H](n3cnc4c(NC(C)=O)nc(Cl)nc43)[C@H](OP(OCCC#N)N(C(C)C)C(C)C)[C@@H]2O[Si](C)(C)C(C)(C)C)(c2ccccc2)c2ccc(OC)cc2)cc1. The van der Waals surface area contributed by atoms with Gasteiger partial charge in [0, 0.05) is 19.0 Å². The zero-order valence-corrected chi connectivity index (χ0v) is 42.6. The number of aromatic nitrogens is 4. The molecule has 0 spiro atoms. The maximum Gasteiger partial charge on any atom is 0.259 e. The Morgan fingerprint density at radius 3 is 2.02 bits per heavy atom. The maximum absolute atomic E-state index is 12.3. The van der Waals surface area contributed by atoms with Crippen molar-refractivity contribution in [2.24, 2.45) is 0 Å². The molecule has 3 heterocycles. The molecule has 1 aliphatic heterocycles. The first-order valence-corrected chi connectivity index (χ1v) is 26.5. The van der Waals surface area contributed by atoms with Gasteiger partial charge in [-0.3, -0.25) is 9.36 Å². The third kappa shape index (κ3) is 11.1. The van der Waals surface area contributed by atoms with Gasteiger partial charge in [0.05, 0.1) is 46.3 Å². The Labute approximate surface area is 396 Å². The number of hydrogen-bond donors (Lipinski definition) is 1. The highest BCUT2D eigenvalue weighted by atomic mass is 35.5. The van der Waals surface area contributed by atoms with Crippen molar-refractivity contribution < 1.29 is 37.2 Å². The molecule has 354 valence electrons. The Morgan fingerprint density at radius 1 is 0.924 bits per heavy atom. The van der Waals surface area contributed by atoms with Crippen molar-refractivity contribution in [3.05, 3.63) is 107 Å². The summed E-state index contributed by atoms with van der Waals surface area (Å²) in [5, 5.41) is 12.0. The van der Waals surface area contributed by atoms with E-state index in [2.05, 4.69) is 87.6 Å². The van der Waals surface area contributed by atoms with Gasteiger partial charge < -0.3 is 37.7 Å². The lowest BCUT2D eigenvalue weighted by molar-refractivity contribution is -0.114. The van der Waals surface area contributed by atoms with Gasteiger partial charge in [-0.05, 0) is 98.4 Å². The van der Waals surface area contributed by atoms with Crippen LogP contribution in [0.2, 0.25) is 23.4 Å². The topological polar surface area (TPSA) is 164 Å². The number of benzene rings is 3. The first-order valence-electron chi connectivity index (χ1n) is 22.1. The molecule has 15 nitrogen and oxygen atoms in total. The molecule has 1 aliphatic rings. The normalized spacial score (nSPS) is 18.5. The van der Waals surface area contributed by atoms with Crippen LogP contribution < -0.4 is 14.8 Å². The molecule has 5 atom stereocenters. The second kappa shape index (κ2) is 21.6. The highest BCUT2D eigenvalue weighted by Gasteiger charge is 2.54. The van der Waals surface area contributed by atoms with Crippen molar-refractivity contribution in [3.8, 4) is 17.6 Å². The van der Waals surface area contributed by atoms with E-state index in [1.54, 1.807) is 25.1 Å². The van der Waals surface area contributed by atoms with Crippen molar-refractivity contribution in [3.63, 3.8) is 0 Å². The molecule has 0 saturated carbocycles. The Hall–Kier alpha value is -4.53. The van der Waals surface area contributed by atoms with Crippen LogP contribution in [-0.2, 0) is 33.3 Å². The smallest absolute Gasteiger partial charge is 0.259 e. The highest BCUT2D eigenvalue weighted by Crippen LogP contribution is 2.53. The fourth-order valence-electron chi connectivity index (χ4n) is 7.85. The summed E-state index contributed by atoms with van der Waals surface area (Å²) in [4.78, 5) is 25.9. The zero-order valence-electron chi connectivity index (χ0n) is 39.9. The van der Waals surface area contributed by atoms with Crippen LogP contribution in [0.3, 0.4) is 0 Å². The molecule has 1 unspecified atom stereocenters. The van der Waals surface area contributed by atoms with E-state index in [4.69, 9.17) is 49.0 Å². The third-order valence-corrected chi connectivity index (χ3v) is 18.8. The molecule has 1 N–H and O–H groups in total. The van der Waals surface area contributed by atoms with Gasteiger partial charge in [-0.15, -0.1) is 0 Å². The van der Waals surface area contributed by atoms with Gasteiger partial charge in [-0.1, -0.05) is 75.4 Å². The first kappa shape index (κ1) is 50.9. The molecular weight excluding hydrogens is 897 g/mol. The molecule has 0 radical (unpaired) electrons. The summed E-state index contributed by atoms with van der Waals surface area (Å²) in [5.41, 5.74) is 1.99. The van der Waals surface area contributed by atoms with E-state index < -0.39 is 47.0 Å². The minimum atomic E-state index is -2.65. The number of hydrogen-bond acceptors (Lipinski definition) is 13. The van der Waals surface area contributed by atoms with Gasteiger partial charge >= 0.3 is 0 Å². The molecule has 66 heavy (non-hydrogen) atoms. The minimum Gasteiger partial charge on any atom is -0.497 e. The summed E-state index contributed by atoms with van der Waals surface area (Å²) in [6, 6.07) is 28.0. The van der Waals surface area contributed by atoms with Crippen LogP contribution in [0, 0.1) is 11.3 Å². The Balaban J connectivity index is 1.58. The summed E-state index contributed by atoms with van der Waals surface area (Å²) in [6.07, 6.45) is -1.60. The van der Waals surface area contributed by atoms with Crippen molar-refractivity contribution in [1.29, 1.82) is 5.26 Å². The minimum absolute atomic E-state index is 0.000763. The number of nitrogens with zero attached hydrogens (tertiary/aromatic N) is 6. The predicted molar refractivity (Wildman–Crippen MR) is 259 cm³/mol. The zero-order chi connectivity index (χ0) is 48.0. The van der Waals surface area contributed by atoms with Crippen LogP contribution in [0.15, 0.2) is 85.2 Å². The van der Waals surface area contributed by atoms with Crippen molar-refractivity contribution in [2.45, 2.75) is 122 Å². The number of carbonyl (C=O) groups is 1. The van der Waals surface area contributed by atoms with Crippen LogP contribution in [0.1, 0.15) is 84.7 Å². The largest absolute Gasteiger partial charge is 0.497 e. The van der Waals surface area contributed by atoms with E-state index in [1.165, 1.54) is 6.92 Å². The summed E-state index contributed by atoms with van der Waals surface area (Å²) < 4.78 is 51.3. The van der Waals surface area contributed by atoms with Crippen LogP contribution in [-0.4, -0.2) is 96.2 Å². The lowest BCUT2D eigenvalue weighted by Gasteiger charge is -2.43. The number of nitriles is 1. The van der Waals surface area contributed by atoms with Gasteiger partial charge in [0.2, 0.25) is 11.2 Å². The molecule has 0 bridgehead atoms. The lowest BCUT2D eigenvalue weighted by Crippen LogP contribution is -2.51. The fraction of sp³-hybridized carbons (Fsp3) is 0.479. The van der Waals surface area contributed by atoms with Crippen molar-refractivity contribution >= 4 is 51.3 Å². The monoisotopic (exact) mass is 959 g/mol. The summed E-state index contributed by atoms with van der Waals surface area (Å²) >= 11 is 6.56. The average Bonchev–Trinajstić information content (AvgIpc) is 3.84.